The number of rotatable bonds is 10. The highest BCUT2D eigenvalue weighted by atomic mass is 35.5. The zero-order valence-corrected chi connectivity index (χ0v) is 21.0. The fraction of sp³-hybridized carbons (Fsp3) is 0.571. The van der Waals surface area contributed by atoms with Crippen LogP contribution in [0.4, 0.5) is 0 Å². The van der Waals surface area contributed by atoms with Crippen molar-refractivity contribution >= 4 is 23.2 Å². The third kappa shape index (κ3) is 7.24. The first-order valence-corrected chi connectivity index (χ1v) is 13.0. The number of alkyl halides is 2. The third-order valence-corrected chi connectivity index (χ3v) is 8.15. The van der Waals surface area contributed by atoms with Crippen LogP contribution in [0.1, 0.15) is 75.5 Å². The van der Waals surface area contributed by atoms with Gasteiger partial charge in [-0.25, -0.2) is 0 Å². The number of hydrogen-bond donors (Lipinski definition) is 0. The van der Waals surface area contributed by atoms with E-state index in [-0.39, 0.29) is 10.8 Å². The zero-order chi connectivity index (χ0) is 22.2. The van der Waals surface area contributed by atoms with E-state index in [0.29, 0.717) is 18.0 Å². The molecular weight excluding hydrogens is 421 g/mol. The van der Waals surface area contributed by atoms with Crippen LogP contribution in [0, 0.1) is 0 Å². The summed E-state index contributed by atoms with van der Waals surface area (Å²) in [5.41, 5.74) is 4.31. The van der Waals surface area contributed by atoms with E-state index in [1.165, 1.54) is 29.5 Å². The quantitative estimate of drug-likeness (QED) is 0.327. The Morgan fingerprint density at radius 3 is 2.16 bits per heavy atom. The van der Waals surface area contributed by atoms with Gasteiger partial charge in [0.25, 0.3) is 0 Å². The number of halogens is 2. The number of benzene rings is 2. The van der Waals surface area contributed by atoms with Crippen LogP contribution in [-0.4, -0.2) is 34.3 Å². The molecular formula is C28H39Cl2N. The van der Waals surface area contributed by atoms with Crippen LogP contribution in [0.25, 0.3) is 0 Å². The van der Waals surface area contributed by atoms with Crippen LogP contribution in [0.15, 0.2) is 54.6 Å². The van der Waals surface area contributed by atoms with E-state index in [4.69, 9.17) is 23.2 Å². The second-order valence-corrected chi connectivity index (χ2v) is 10.6. The van der Waals surface area contributed by atoms with Crippen LogP contribution in [0.3, 0.4) is 0 Å². The number of aryl methyl sites for hydroxylation is 1. The first-order valence-electron chi connectivity index (χ1n) is 12.1. The molecule has 1 aliphatic carbocycles. The molecule has 2 aromatic rings. The van der Waals surface area contributed by atoms with Crippen LogP contribution >= 0.6 is 23.2 Å². The molecule has 0 amide bonds. The maximum atomic E-state index is 6.43. The molecule has 4 atom stereocenters. The van der Waals surface area contributed by atoms with Gasteiger partial charge in [-0.1, -0.05) is 61.5 Å². The summed E-state index contributed by atoms with van der Waals surface area (Å²) in [6, 6.07) is 21.4. The van der Waals surface area contributed by atoms with Crippen molar-refractivity contribution in [2.24, 2.45) is 0 Å². The van der Waals surface area contributed by atoms with Crippen molar-refractivity contribution in [3.63, 3.8) is 0 Å². The van der Waals surface area contributed by atoms with Crippen LogP contribution < -0.4 is 0 Å². The van der Waals surface area contributed by atoms with E-state index in [2.05, 4.69) is 80.3 Å². The maximum Gasteiger partial charge on any atom is 0.0505 e. The Morgan fingerprint density at radius 2 is 1.55 bits per heavy atom. The Balaban J connectivity index is 1.54. The Morgan fingerprint density at radius 1 is 0.871 bits per heavy atom. The van der Waals surface area contributed by atoms with Crippen LogP contribution in [0.5, 0.6) is 0 Å². The highest BCUT2D eigenvalue weighted by Crippen LogP contribution is 2.37. The molecule has 0 N–H and O–H groups in total. The summed E-state index contributed by atoms with van der Waals surface area (Å²) >= 11 is 12.7. The normalized spacial score (nSPS) is 22.7. The second-order valence-electron chi connectivity index (χ2n) is 9.45. The topological polar surface area (TPSA) is 3.24 Å². The van der Waals surface area contributed by atoms with Crippen molar-refractivity contribution in [2.75, 3.05) is 6.54 Å². The zero-order valence-electron chi connectivity index (χ0n) is 19.4. The molecule has 0 radical (unpaired) electrons. The van der Waals surface area contributed by atoms with E-state index in [9.17, 15) is 0 Å². The lowest BCUT2D eigenvalue weighted by Crippen LogP contribution is -2.41. The smallest absolute Gasteiger partial charge is 0.0505 e. The van der Waals surface area contributed by atoms with Crippen molar-refractivity contribution in [1.29, 1.82) is 0 Å². The molecule has 0 saturated heterocycles. The minimum atomic E-state index is 0.100. The first-order chi connectivity index (χ1) is 15.0. The van der Waals surface area contributed by atoms with Gasteiger partial charge < -0.3 is 0 Å². The number of nitrogens with zero attached hydrogens (tertiary/aromatic N) is 1. The summed E-state index contributed by atoms with van der Waals surface area (Å²) in [5.74, 6) is 0.560. The highest BCUT2D eigenvalue weighted by molar-refractivity contribution is 6.30. The minimum absolute atomic E-state index is 0.100. The molecule has 2 aromatic carbocycles. The molecule has 0 aromatic heterocycles. The molecule has 31 heavy (non-hydrogen) atoms. The van der Waals surface area contributed by atoms with Gasteiger partial charge in [0.15, 0.2) is 0 Å². The van der Waals surface area contributed by atoms with Gasteiger partial charge in [-0.2, -0.15) is 0 Å². The lowest BCUT2D eigenvalue weighted by Gasteiger charge is -2.35. The third-order valence-electron chi connectivity index (χ3n) is 7.02. The molecule has 170 valence electrons. The summed E-state index contributed by atoms with van der Waals surface area (Å²) < 4.78 is 0. The fourth-order valence-corrected chi connectivity index (χ4v) is 5.61. The Hall–Kier alpha value is -1.02. The maximum absolute atomic E-state index is 6.43. The van der Waals surface area contributed by atoms with Crippen LogP contribution in [-0.2, 0) is 12.8 Å². The van der Waals surface area contributed by atoms with E-state index in [1.54, 1.807) is 0 Å². The van der Waals surface area contributed by atoms with Crippen LogP contribution in [0.2, 0.25) is 0 Å². The Kier molecular flexibility index (Phi) is 9.75. The standard InChI is InChI=1S/C28H39Cl2N/c1-4-26(31(21(2)3)19-18-22-8-6-5-7-9-22)16-12-23-10-13-24(14-11-23)25-15-17-27(29)28(30)20-25/h5-11,13-14,21,25-28H,4,12,15-20H2,1-3H3. The monoisotopic (exact) mass is 459 g/mol. The molecule has 0 heterocycles. The van der Waals surface area contributed by atoms with Gasteiger partial charge in [-0.3, -0.25) is 4.90 Å². The average molecular weight is 461 g/mol. The van der Waals surface area contributed by atoms with E-state index in [1.807, 2.05) is 0 Å². The largest absolute Gasteiger partial charge is 0.298 e. The van der Waals surface area contributed by atoms with Gasteiger partial charge >= 0.3 is 0 Å². The minimum Gasteiger partial charge on any atom is -0.298 e. The van der Waals surface area contributed by atoms with Gasteiger partial charge in [0.05, 0.1) is 5.38 Å². The molecule has 3 heteroatoms. The SMILES string of the molecule is CCC(CCc1ccc(C2CCC(Cl)C(Cl)C2)cc1)N(CCc1ccccc1)C(C)C. The van der Waals surface area contributed by atoms with E-state index >= 15 is 0 Å². The summed E-state index contributed by atoms with van der Waals surface area (Å²) in [4.78, 5) is 2.70. The predicted octanol–water partition coefficient (Wildman–Crippen LogP) is 7.83. The van der Waals surface area contributed by atoms with E-state index in [0.717, 1.165) is 38.6 Å². The van der Waals surface area contributed by atoms with E-state index < -0.39 is 0 Å². The molecule has 1 nitrogen and oxygen atoms in total. The molecule has 1 saturated carbocycles. The summed E-state index contributed by atoms with van der Waals surface area (Å²) in [5, 5.41) is 0.234. The lowest BCUT2D eigenvalue weighted by atomic mass is 9.83. The van der Waals surface area contributed by atoms with Crippen molar-refractivity contribution in [2.45, 2.75) is 94.5 Å². The molecule has 0 aliphatic heterocycles. The molecule has 0 bridgehead atoms. The van der Waals surface area contributed by atoms with Gasteiger partial charge in [-0.05, 0) is 81.4 Å². The fourth-order valence-electron chi connectivity index (χ4n) is 5.04. The van der Waals surface area contributed by atoms with Gasteiger partial charge in [-0.15, -0.1) is 23.2 Å². The first kappa shape index (κ1) is 24.6. The van der Waals surface area contributed by atoms with Gasteiger partial charge in [0.2, 0.25) is 0 Å². The summed E-state index contributed by atoms with van der Waals surface area (Å²) in [7, 11) is 0. The molecule has 1 aliphatic rings. The molecule has 1 fully saturated rings. The summed E-state index contributed by atoms with van der Waals surface area (Å²) in [6.45, 7) is 8.13. The second kappa shape index (κ2) is 12.3. The molecule has 0 spiro atoms. The average Bonchev–Trinajstić information content (AvgIpc) is 2.78. The number of hydrogen-bond acceptors (Lipinski definition) is 1. The van der Waals surface area contributed by atoms with Crippen molar-refractivity contribution in [3.05, 3.63) is 71.3 Å². The molecule has 4 unspecified atom stereocenters. The Labute approximate surface area is 200 Å². The van der Waals surface area contributed by atoms with Crippen molar-refractivity contribution in [1.82, 2.24) is 4.90 Å². The van der Waals surface area contributed by atoms with Gasteiger partial charge in [0.1, 0.15) is 0 Å². The Bertz CT molecular complexity index is 758. The summed E-state index contributed by atoms with van der Waals surface area (Å²) in [6.07, 6.45) is 7.84. The molecule has 3 rings (SSSR count). The predicted molar refractivity (Wildman–Crippen MR) is 137 cm³/mol. The highest BCUT2D eigenvalue weighted by Gasteiger charge is 2.28. The van der Waals surface area contributed by atoms with Crippen molar-refractivity contribution < 1.29 is 0 Å². The lowest BCUT2D eigenvalue weighted by molar-refractivity contribution is 0.143. The van der Waals surface area contributed by atoms with Crippen molar-refractivity contribution in [3.8, 4) is 0 Å². The van der Waals surface area contributed by atoms with Gasteiger partial charge in [0, 0.05) is 24.0 Å².